The van der Waals surface area contributed by atoms with Gasteiger partial charge in [-0.15, -0.1) is 0 Å². The van der Waals surface area contributed by atoms with E-state index < -0.39 is 6.04 Å². The molecule has 166 valence electrons. The van der Waals surface area contributed by atoms with Gasteiger partial charge in [-0.1, -0.05) is 30.7 Å². The van der Waals surface area contributed by atoms with Crippen LogP contribution in [0, 0.1) is 11.7 Å². The summed E-state index contributed by atoms with van der Waals surface area (Å²) in [5, 5.41) is 5.89. The first kappa shape index (κ1) is 20.5. The van der Waals surface area contributed by atoms with Gasteiger partial charge in [-0.25, -0.2) is 9.40 Å². The molecule has 0 unspecified atom stereocenters. The number of fused-ring (bicyclic) bond motifs is 1. The van der Waals surface area contributed by atoms with Crippen LogP contribution >= 0.6 is 0 Å². The molecule has 7 nitrogen and oxygen atoms in total. The molecule has 1 aliphatic carbocycles. The van der Waals surface area contributed by atoms with E-state index in [0.29, 0.717) is 29.2 Å². The lowest BCUT2D eigenvalue weighted by Gasteiger charge is -2.30. The molecule has 2 heterocycles. The van der Waals surface area contributed by atoms with Gasteiger partial charge < -0.3 is 14.4 Å². The summed E-state index contributed by atoms with van der Waals surface area (Å²) in [5.74, 6) is 0.545. The Morgan fingerprint density at radius 1 is 1.16 bits per heavy atom. The van der Waals surface area contributed by atoms with Crippen LogP contribution in [0.2, 0.25) is 0 Å². The van der Waals surface area contributed by atoms with E-state index in [1.54, 1.807) is 31.3 Å². The molecule has 1 fully saturated rings. The minimum Gasteiger partial charge on any atom is -0.454 e. The van der Waals surface area contributed by atoms with Crippen molar-refractivity contribution in [1.29, 1.82) is 0 Å². The van der Waals surface area contributed by atoms with Crippen LogP contribution in [-0.2, 0) is 9.59 Å². The van der Waals surface area contributed by atoms with Crippen molar-refractivity contribution < 1.29 is 23.5 Å². The smallest absolute Gasteiger partial charge is 0.262 e. The van der Waals surface area contributed by atoms with E-state index in [2.05, 4.69) is 5.10 Å². The van der Waals surface area contributed by atoms with Crippen LogP contribution in [0.4, 0.5) is 4.39 Å². The third-order valence-corrected chi connectivity index (χ3v) is 6.34. The number of hydrogen-bond donors (Lipinski definition) is 0. The highest BCUT2D eigenvalue weighted by Crippen LogP contribution is 2.39. The quantitative estimate of drug-likeness (QED) is 0.718. The fraction of sp³-hybridized carbons (Fsp3) is 0.375. The highest BCUT2D eigenvalue weighted by molar-refractivity contribution is 6.03. The molecule has 0 bridgehead atoms. The van der Waals surface area contributed by atoms with Gasteiger partial charge in [0.25, 0.3) is 5.91 Å². The molecule has 3 aliphatic rings. The number of likely N-dealkylation sites (N-methyl/N-ethyl adjacent to an activating group) is 1. The topological polar surface area (TPSA) is 71.4 Å². The Labute approximate surface area is 185 Å². The first-order valence-corrected chi connectivity index (χ1v) is 10.8. The van der Waals surface area contributed by atoms with E-state index >= 15 is 0 Å². The molecular formula is C24H24FN3O4. The fourth-order valence-electron chi connectivity index (χ4n) is 4.30. The Morgan fingerprint density at radius 2 is 1.94 bits per heavy atom. The number of hydrazone groups is 1. The van der Waals surface area contributed by atoms with Gasteiger partial charge in [0, 0.05) is 24.9 Å². The number of hydrogen-bond acceptors (Lipinski definition) is 5. The van der Waals surface area contributed by atoms with Gasteiger partial charge in [-0.2, -0.15) is 5.10 Å². The van der Waals surface area contributed by atoms with E-state index in [1.165, 1.54) is 16.0 Å². The Bertz CT molecular complexity index is 1100. The predicted molar refractivity (Wildman–Crippen MR) is 115 cm³/mol. The third-order valence-electron chi connectivity index (χ3n) is 6.34. The lowest BCUT2D eigenvalue weighted by molar-refractivity contribution is -0.144. The van der Waals surface area contributed by atoms with Crippen molar-refractivity contribution in [3.8, 4) is 11.5 Å². The minimum atomic E-state index is -0.432. The summed E-state index contributed by atoms with van der Waals surface area (Å²) in [7, 11) is 1.64. The molecule has 2 aliphatic heterocycles. The SMILES string of the molecule is CN(CC(=O)N1N=C(c2ccccc2F)C[C@@H]1c1ccc2c(c1)OCO2)C(=O)C1CCC1. The van der Waals surface area contributed by atoms with E-state index in [9.17, 15) is 14.0 Å². The zero-order valence-corrected chi connectivity index (χ0v) is 17.8. The molecule has 0 N–H and O–H groups in total. The van der Waals surface area contributed by atoms with Crippen molar-refractivity contribution in [2.24, 2.45) is 11.0 Å². The summed E-state index contributed by atoms with van der Waals surface area (Å²) in [5.41, 5.74) is 1.67. The number of nitrogens with zero attached hydrogens (tertiary/aromatic N) is 3. The van der Waals surface area contributed by atoms with Crippen LogP contribution in [0.15, 0.2) is 47.6 Å². The number of ether oxygens (including phenoxy) is 2. The minimum absolute atomic E-state index is 0.00788. The van der Waals surface area contributed by atoms with Crippen LogP contribution < -0.4 is 9.47 Å². The second-order valence-electron chi connectivity index (χ2n) is 8.42. The molecule has 1 atom stereocenters. The lowest BCUT2D eigenvalue weighted by atomic mass is 9.84. The Morgan fingerprint density at radius 3 is 2.69 bits per heavy atom. The molecule has 0 spiro atoms. The zero-order valence-electron chi connectivity index (χ0n) is 17.8. The van der Waals surface area contributed by atoms with Crippen molar-refractivity contribution in [2.75, 3.05) is 20.4 Å². The molecule has 8 heteroatoms. The van der Waals surface area contributed by atoms with Gasteiger partial charge in [0.15, 0.2) is 11.5 Å². The van der Waals surface area contributed by atoms with Gasteiger partial charge in [0.1, 0.15) is 12.4 Å². The number of carbonyl (C=O) groups excluding carboxylic acids is 2. The Kier molecular flexibility index (Phi) is 5.28. The zero-order chi connectivity index (χ0) is 22.2. The molecule has 0 radical (unpaired) electrons. The molecule has 32 heavy (non-hydrogen) atoms. The molecule has 2 amide bonds. The fourth-order valence-corrected chi connectivity index (χ4v) is 4.30. The highest BCUT2D eigenvalue weighted by Gasteiger charge is 2.36. The molecule has 0 aromatic heterocycles. The van der Waals surface area contributed by atoms with Crippen LogP contribution in [0.5, 0.6) is 11.5 Å². The summed E-state index contributed by atoms with van der Waals surface area (Å²) in [6.07, 6.45) is 3.15. The Balaban J connectivity index is 1.43. The average molecular weight is 437 g/mol. The van der Waals surface area contributed by atoms with E-state index in [4.69, 9.17) is 9.47 Å². The van der Waals surface area contributed by atoms with Crippen molar-refractivity contribution >= 4 is 17.5 Å². The first-order chi connectivity index (χ1) is 15.5. The third kappa shape index (κ3) is 3.70. The highest BCUT2D eigenvalue weighted by atomic mass is 19.1. The summed E-state index contributed by atoms with van der Waals surface area (Å²) in [6, 6.07) is 11.5. The number of rotatable bonds is 5. The van der Waals surface area contributed by atoms with Crippen LogP contribution in [0.1, 0.15) is 42.9 Å². The molecule has 2 aromatic carbocycles. The van der Waals surface area contributed by atoms with Crippen molar-refractivity contribution in [1.82, 2.24) is 9.91 Å². The molecule has 5 rings (SSSR count). The summed E-state index contributed by atoms with van der Waals surface area (Å²) >= 11 is 0. The summed E-state index contributed by atoms with van der Waals surface area (Å²) < 4.78 is 25.3. The second kappa shape index (κ2) is 8.26. The van der Waals surface area contributed by atoms with Gasteiger partial charge >= 0.3 is 0 Å². The van der Waals surface area contributed by atoms with E-state index in [1.807, 2.05) is 12.1 Å². The van der Waals surface area contributed by atoms with Crippen molar-refractivity contribution in [2.45, 2.75) is 31.7 Å². The molecule has 1 saturated carbocycles. The normalized spacial score (nSPS) is 19.5. The summed E-state index contributed by atoms with van der Waals surface area (Å²) in [4.78, 5) is 27.2. The first-order valence-electron chi connectivity index (χ1n) is 10.8. The standard InChI is InChI=1S/C24H24FN3O4/c1-27(24(30)15-5-4-6-15)13-23(29)28-20(16-9-10-21-22(11-16)32-14-31-21)12-19(26-28)17-7-2-3-8-18(17)25/h2-3,7-11,15,20H,4-6,12-14H2,1H3/t20-/m1/s1. The molecule has 0 saturated heterocycles. The van der Waals surface area contributed by atoms with Gasteiger partial charge in [-0.3, -0.25) is 9.59 Å². The van der Waals surface area contributed by atoms with Gasteiger partial charge in [0.2, 0.25) is 12.7 Å². The van der Waals surface area contributed by atoms with Crippen LogP contribution in [0.3, 0.4) is 0 Å². The Hall–Kier alpha value is -3.42. The largest absolute Gasteiger partial charge is 0.454 e. The number of carbonyl (C=O) groups is 2. The number of halogens is 1. The second-order valence-corrected chi connectivity index (χ2v) is 8.42. The summed E-state index contributed by atoms with van der Waals surface area (Å²) in [6.45, 7) is 0.0710. The average Bonchev–Trinajstić information content (AvgIpc) is 3.39. The number of benzene rings is 2. The maximum atomic E-state index is 14.5. The van der Waals surface area contributed by atoms with Gasteiger partial charge in [0.05, 0.1) is 11.8 Å². The van der Waals surface area contributed by atoms with Crippen LogP contribution in [0.25, 0.3) is 0 Å². The van der Waals surface area contributed by atoms with Gasteiger partial charge in [-0.05, 0) is 36.6 Å². The molecular weight excluding hydrogens is 413 g/mol. The monoisotopic (exact) mass is 437 g/mol. The predicted octanol–water partition coefficient (Wildman–Crippen LogP) is 3.49. The van der Waals surface area contributed by atoms with Crippen molar-refractivity contribution in [3.63, 3.8) is 0 Å². The molecule has 2 aromatic rings. The van der Waals surface area contributed by atoms with Crippen molar-refractivity contribution in [3.05, 3.63) is 59.4 Å². The van der Waals surface area contributed by atoms with Crippen LogP contribution in [-0.4, -0.2) is 47.8 Å². The van der Waals surface area contributed by atoms with E-state index in [0.717, 1.165) is 24.8 Å². The van der Waals surface area contributed by atoms with E-state index in [-0.39, 0.29) is 36.9 Å². The lowest BCUT2D eigenvalue weighted by Crippen LogP contribution is -2.42. The maximum Gasteiger partial charge on any atom is 0.262 e. The maximum absolute atomic E-state index is 14.5. The number of amides is 2.